The van der Waals surface area contributed by atoms with Gasteiger partial charge in [-0.2, -0.15) is 16.7 Å². The molecule has 1 saturated heterocycles. The summed E-state index contributed by atoms with van der Waals surface area (Å²) in [5.74, 6) is 2.95. The fraction of sp³-hybridized carbons (Fsp3) is 0.833. The quantitative estimate of drug-likeness (QED) is 0.905. The summed E-state index contributed by atoms with van der Waals surface area (Å²) >= 11 is 1.83. The first-order valence-corrected chi connectivity index (χ1v) is 7.32. The maximum absolute atomic E-state index is 10.00. The van der Waals surface area contributed by atoms with Crippen molar-refractivity contribution in [1.29, 1.82) is 0 Å². The lowest BCUT2D eigenvalue weighted by atomic mass is 9.87. The number of rotatable bonds is 3. The van der Waals surface area contributed by atoms with Gasteiger partial charge in [-0.3, -0.25) is 0 Å². The van der Waals surface area contributed by atoms with Crippen molar-refractivity contribution in [2.75, 3.05) is 18.1 Å². The van der Waals surface area contributed by atoms with Gasteiger partial charge in [0.15, 0.2) is 0 Å². The second-order valence-corrected chi connectivity index (χ2v) is 6.72. The Labute approximate surface area is 111 Å². The Kier molecular flexibility index (Phi) is 4.29. The standard InChI is InChI=1S/C12H20N2O3S/c1-12(2,3)9(15)6-10-13-11(14-17-10)8-7-18-5-4-16-8/h8-9,15H,4-7H2,1-3H3. The van der Waals surface area contributed by atoms with E-state index in [1.807, 2.05) is 32.5 Å². The Balaban J connectivity index is 1.97. The highest BCUT2D eigenvalue weighted by Crippen LogP contribution is 2.26. The van der Waals surface area contributed by atoms with Crippen LogP contribution in [0.2, 0.25) is 0 Å². The van der Waals surface area contributed by atoms with Crippen molar-refractivity contribution in [3.05, 3.63) is 11.7 Å². The average molecular weight is 272 g/mol. The van der Waals surface area contributed by atoms with Crippen molar-refractivity contribution in [1.82, 2.24) is 10.1 Å². The Bertz CT molecular complexity index is 383. The molecule has 5 nitrogen and oxygen atoms in total. The molecule has 0 aromatic carbocycles. The predicted octanol–water partition coefficient (Wildman–Crippen LogP) is 1.82. The maximum Gasteiger partial charge on any atom is 0.229 e. The Morgan fingerprint density at radius 1 is 1.50 bits per heavy atom. The third-order valence-electron chi connectivity index (χ3n) is 2.96. The normalized spacial score (nSPS) is 23.0. The molecular weight excluding hydrogens is 252 g/mol. The van der Waals surface area contributed by atoms with Crippen LogP contribution in [0.3, 0.4) is 0 Å². The van der Waals surface area contributed by atoms with Crippen molar-refractivity contribution in [3.8, 4) is 0 Å². The second kappa shape index (κ2) is 5.59. The van der Waals surface area contributed by atoms with Gasteiger partial charge in [0.1, 0.15) is 6.10 Å². The van der Waals surface area contributed by atoms with Gasteiger partial charge in [0.05, 0.1) is 19.1 Å². The molecule has 0 amide bonds. The summed E-state index contributed by atoms with van der Waals surface area (Å²) in [6.07, 6.45) is -0.184. The Hall–Kier alpha value is -0.590. The molecule has 1 aliphatic rings. The first-order valence-electron chi connectivity index (χ1n) is 6.16. The van der Waals surface area contributed by atoms with Gasteiger partial charge in [0, 0.05) is 11.5 Å². The number of aliphatic hydroxyl groups excluding tert-OH is 1. The van der Waals surface area contributed by atoms with E-state index in [1.165, 1.54) is 0 Å². The minimum absolute atomic E-state index is 0.0759. The van der Waals surface area contributed by atoms with E-state index in [2.05, 4.69) is 10.1 Å². The molecule has 0 radical (unpaired) electrons. The fourth-order valence-electron chi connectivity index (χ4n) is 1.59. The third-order valence-corrected chi connectivity index (χ3v) is 3.95. The Morgan fingerprint density at radius 2 is 2.28 bits per heavy atom. The summed E-state index contributed by atoms with van der Waals surface area (Å²) in [7, 11) is 0. The van der Waals surface area contributed by atoms with E-state index in [4.69, 9.17) is 9.26 Å². The number of aliphatic hydroxyl groups is 1. The lowest BCUT2D eigenvalue weighted by Crippen LogP contribution is -2.28. The summed E-state index contributed by atoms with van der Waals surface area (Å²) in [5.41, 5.74) is -0.189. The van der Waals surface area contributed by atoms with Gasteiger partial charge in [-0.25, -0.2) is 0 Å². The first kappa shape index (κ1) is 13.8. The molecular formula is C12H20N2O3S. The molecule has 102 valence electrons. The molecule has 2 heterocycles. The molecule has 1 N–H and O–H groups in total. The van der Waals surface area contributed by atoms with Gasteiger partial charge >= 0.3 is 0 Å². The molecule has 2 rings (SSSR count). The number of thioether (sulfide) groups is 1. The zero-order valence-electron chi connectivity index (χ0n) is 11.0. The number of hydrogen-bond donors (Lipinski definition) is 1. The molecule has 2 unspecified atom stereocenters. The van der Waals surface area contributed by atoms with Gasteiger partial charge in [-0.1, -0.05) is 25.9 Å². The minimum atomic E-state index is -0.493. The van der Waals surface area contributed by atoms with Crippen LogP contribution in [-0.4, -0.2) is 39.5 Å². The number of hydrogen-bond acceptors (Lipinski definition) is 6. The first-order chi connectivity index (χ1) is 8.47. The van der Waals surface area contributed by atoms with Gasteiger partial charge in [0.2, 0.25) is 11.7 Å². The van der Waals surface area contributed by atoms with Crippen LogP contribution in [0.15, 0.2) is 4.52 Å². The SMILES string of the molecule is CC(C)(C)C(O)Cc1nc(C2CSCCO2)no1. The maximum atomic E-state index is 10.00. The van der Waals surface area contributed by atoms with Crippen LogP contribution in [0.1, 0.15) is 38.6 Å². The molecule has 6 heteroatoms. The molecule has 1 aromatic heterocycles. The highest BCUT2D eigenvalue weighted by Gasteiger charge is 2.26. The minimum Gasteiger partial charge on any atom is -0.392 e. The zero-order valence-corrected chi connectivity index (χ0v) is 11.9. The summed E-state index contributed by atoms with van der Waals surface area (Å²) in [4.78, 5) is 4.31. The van der Waals surface area contributed by atoms with Gasteiger partial charge in [-0.05, 0) is 5.41 Å². The fourth-order valence-corrected chi connectivity index (χ4v) is 2.43. The van der Waals surface area contributed by atoms with Crippen molar-refractivity contribution < 1.29 is 14.4 Å². The van der Waals surface area contributed by atoms with Crippen molar-refractivity contribution in [2.45, 2.75) is 39.4 Å². The highest BCUT2D eigenvalue weighted by molar-refractivity contribution is 7.99. The van der Waals surface area contributed by atoms with E-state index < -0.39 is 6.10 Å². The van der Waals surface area contributed by atoms with Crippen LogP contribution in [0, 0.1) is 5.41 Å². The summed E-state index contributed by atoms with van der Waals surface area (Å²) < 4.78 is 10.8. The zero-order chi connectivity index (χ0) is 13.2. The van der Waals surface area contributed by atoms with Crippen molar-refractivity contribution in [2.24, 2.45) is 5.41 Å². The van der Waals surface area contributed by atoms with Crippen molar-refractivity contribution >= 4 is 11.8 Å². The van der Waals surface area contributed by atoms with Gasteiger partial charge in [-0.15, -0.1) is 0 Å². The number of nitrogens with zero attached hydrogens (tertiary/aromatic N) is 2. The van der Waals surface area contributed by atoms with E-state index in [-0.39, 0.29) is 11.5 Å². The molecule has 1 aliphatic heterocycles. The summed E-state index contributed by atoms with van der Waals surface area (Å²) in [6, 6.07) is 0. The van der Waals surface area contributed by atoms with E-state index in [0.717, 1.165) is 18.1 Å². The summed E-state index contributed by atoms with van der Waals surface area (Å²) in [5, 5.41) is 13.9. The molecule has 0 spiro atoms. The lowest BCUT2D eigenvalue weighted by Gasteiger charge is -2.24. The van der Waals surface area contributed by atoms with Crippen LogP contribution < -0.4 is 0 Å². The molecule has 0 aliphatic carbocycles. The van der Waals surface area contributed by atoms with Crippen LogP contribution in [0.25, 0.3) is 0 Å². The smallest absolute Gasteiger partial charge is 0.229 e. The van der Waals surface area contributed by atoms with E-state index in [1.54, 1.807) is 0 Å². The second-order valence-electron chi connectivity index (χ2n) is 5.57. The topological polar surface area (TPSA) is 68.4 Å². The van der Waals surface area contributed by atoms with Crippen LogP contribution >= 0.6 is 11.8 Å². The molecule has 1 fully saturated rings. The molecule has 2 atom stereocenters. The van der Waals surface area contributed by atoms with E-state index >= 15 is 0 Å². The number of ether oxygens (including phenoxy) is 1. The van der Waals surface area contributed by atoms with Crippen molar-refractivity contribution in [3.63, 3.8) is 0 Å². The monoisotopic (exact) mass is 272 g/mol. The van der Waals surface area contributed by atoms with Crippen LogP contribution in [0.4, 0.5) is 0 Å². The van der Waals surface area contributed by atoms with E-state index in [9.17, 15) is 5.11 Å². The predicted molar refractivity (Wildman–Crippen MR) is 69.5 cm³/mol. The molecule has 0 bridgehead atoms. The van der Waals surface area contributed by atoms with Crippen LogP contribution in [-0.2, 0) is 11.2 Å². The average Bonchev–Trinajstić information content (AvgIpc) is 2.77. The number of aromatic nitrogens is 2. The lowest BCUT2D eigenvalue weighted by molar-refractivity contribution is 0.0565. The van der Waals surface area contributed by atoms with Gasteiger partial charge < -0.3 is 14.4 Å². The van der Waals surface area contributed by atoms with Crippen LogP contribution in [0.5, 0.6) is 0 Å². The van der Waals surface area contributed by atoms with E-state index in [0.29, 0.717) is 18.1 Å². The molecule has 1 aromatic rings. The molecule has 0 saturated carbocycles. The third kappa shape index (κ3) is 3.46. The summed E-state index contributed by atoms with van der Waals surface area (Å²) in [6.45, 7) is 6.67. The Morgan fingerprint density at radius 3 is 2.89 bits per heavy atom. The highest BCUT2D eigenvalue weighted by atomic mass is 32.2. The molecule has 18 heavy (non-hydrogen) atoms. The largest absolute Gasteiger partial charge is 0.392 e. The van der Waals surface area contributed by atoms with Gasteiger partial charge in [0.25, 0.3) is 0 Å².